The fourth-order valence-corrected chi connectivity index (χ4v) is 4.42. The van der Waals surface area contributed by atoms with Crippen molar-refractivity contribution in [3.05, 3.63) is 30.3 Å². The maximum atomic E-state index is 12.7. The summed E-state index contributed by atoms with van der Waals surface area (Å²) in [5.41, 5.74) is 1.23. The lowest BCUT2D eigenvalue weighted by molar-refractivity contribution is -0.130. The summed E-state index contributed by atoms with van der Waals surface area (Å²) in [5.74, 6) is 1.46. The number of hydrogen-bond donors (Lipinski definition) is 2. The van der Waals surface area contributed by atoms with Crippen LogP contribution in [0.25, 0.3) is 0 Å². The molecule has 2 N–H and O–H groups in total. The molecular formula is C22H35IN6O. The van der Waals surface area contributed by atoms with E-state index in [0.29, 0.717) is 18.5 Å². The molecule has 1 saturated carbocycles. The molecule has 1 aliphatic carbocycles. The van der Waals surface area contributed by atoms with Crippen LogP contribution in [0.2, 0.25) is 0 Å². The van der Waals surface area contributed by atoms with Gasteiger partial charge in [0.05, 0.1) is 6.54 Å². The molecule has 1 amide bonds. The first-order chi connectivity index (χ1) is 14.1. The van der Waals surface area contributed by atoms with Gasteiger partial charge in [0.25, 0.3) is 0 Å². The highest BCUT2D eigenvalue weighted by atomic mass is 127. The first kappa shape index (κ1) is 23.1. The molecule has 8 heteroatoms. The summed E-state index contributed by atoms with van der Waals surface area (Å²) >= 11 is 0. The zero-order valence-electron chi connectivity index (χ0n) is 18.1. The van der Waals surface area contributed by atoms with Crippen molar-refractivity contribution < 1.29 is 4.79 Å². The monoisotopic (exact) mass is 526 g/mol. The van der Waals surface area contributed by atoms with E-state index in [9.17, 15) is 4.79 Å². The van der Waals surface area contributed by atoms with Gasteiger partial charge in [-0.3, -0.25) is 14.7 Å². The molecule has 7 nitrogen and oxygen atoms in total. The summed E-state index contributed by atoms with van der Waals surface area (Å²) in [6.45, 7) is 8.09. The first-order valence-electron chi connectivity index (χ1n) is 10.9. The van der Waals surface area contributed by atoms with Gasteiger partial charge in [0, 0.05) is 64.1 Å². The molecule has 2 unspecified atom stereocenters. The molecule has 166 valence electrons. The van der Waals surface area contributed by atoms with Gasteiger partial charge < -0.3 is 20.4 Å². The number of aliphatic imine (C=N–C) groups is 1. The highest BCUT2D eigenvalue weighted by molar-refractivity contribution is 14.0. The Bertz CT molecular complexity index is 718. The topological polar surface area (TPSA) is 63.2 Å². The Morgan fingerprint density at radius 3 is 2.43 bits per heavy atom. The molecule has 3 aliphatic rings. The second-order valence-corrected chi connectivity index (χ2v) is 8.54. The summed E-state index contributed by atoms with van der Waals surface area (Å²) in [7, 11) is 1.77. The molecule has 0 spiro atoms. The average Bonchev–Trinajstić information content (AvgIpc) is 3.55. The van der Waals surface area contributed by atoms with E-state index in [2.05, 4.69) is 56.6 Å². The first-order valence-corrected chi connectivity index (χ1v) is 10.9. The molecule has 2 heterocycles. The zero-order valence-corrected chi connectivity index (χ0v) is 20.4. The van der Waals surface area contributed by atoms with Crippen molar-refractivity contribution in [2.45, 2.75) is 31.8 Å². The van der Waals surface area contributed by atoms with Gasteiger partial charge in [-0.15, -0.1) is 24.0 Å². The fourth-order valence-electron chi connectivity index (χ4n) is 4.42. The molecule has 0 radical (unpaired) electrons. The number of nitrogens with zero attached hydrogens (tertiary/aromatic N) is 4. The van der Waals surface area contributed by atoms with Crippen LogP contribution in [0.1, 0.15) is 19.8 Å². The van der Waals surface area contributed by atoms with Gasteiger partial charge in [-0.1, -0.05) is 25.1 Å². The molecular weight excluding hydrogens is 491 g/mol. The number of carbonyl (C=O) groups excluding carboxylic acids is 1. The van der Waals surface area contributed by atoms with E-state index in [-0.39, 0.29) is 29.9 Å². The Balaban J connectivity index is 0.00000256. The van der Waals surface area contributed by atoms with Crippen molar-refractivity contribution >= 4 is 41.5 Å². The quantitative estimate of drug-likeness (QED) is 0.347. The number of benzene rings is 1. The standard InChI is InChI=1S/C22H34N6O.HI/c1-17-15-28(19-8-9-19)16-20(17)25-22(23-2)24-14-21(29)27-12-10-26(11-13-27)18-6-4-3-5-7-18;/h3-7,17,19-20H,8-16H2,1-2H3,(H2,23,24,25);1H. The maximum Gasteiger partial charge on any atom is 0.242 e. The van der Waals surface area contributed by atoms with Crippen LogP contribution in [0.5, 0.6) is 0 Å². The van der Waals surface area contributed by atoms with E-state index < -0.39 is 0 Å². The number of nitrogens with one attached hydrogen (secondary N) is 2. The van der Waals surface area contributed by atoms with Crippen LogP contribution in [0.3, 0.4) is 0 Å². The Kier molecular flexibility index (Phi) is 8.21. The number of para-hydroxylation sites is 1. The molecule has 2 aliphatic heterocycles. The van der Waals surface area contributed by atoms with E-state index in [1.807, 2.05) is 11.0 Å². The van der Waals surface area contributed by atoms with Crippen molar-refractivity contribution in [2.75, 3.05) is 57.8 Å². The molecule has 2 saturated heterocycles. The molecule has 4 rings (SSSR count). The van der Waals surface area contributed by atoms with Crippen molar-refractivity contribution in [3.63, 3.8) is 0 Å². The van der Waals surface area contributed by atoms with Crippen molar-refractivity contribution in [3.8, 4) is 0 Å². The smallest absolute Gasteiger partial charge is 0.242 e. The van der Waals surface area contributed by atoms with Crippen LogP contribution in [0.15, 0.2) is 35.3 Å². The minimum atomic E-state index is 0. The van der Waals surface area contributed by atoms with Crippen LogP contribution in [0, 0.1) is 5.92 Å². The Morgan fingerprint density at radius 1 is 1.10 bits per heavy atom. The van der Waals surface area contributed by atoms with Gasteiger partial charge in [-0.05, 0) is 30.9 Å². The molecule has 0 aromatic heterocycles. The van der Waals surface area contributed by atoms with E-state index >= 15 is 0 Å². The summed E-state index contributed by atoms with van der Waals surface area (Å²) in [6, 6.07) is 11.6. The lowest BCUT2D eigenvalue weighted by Gasteiger charge is -2.36. The van der Waals surface area contributed by atoms with E-state index in [0.717, 1.165) is 51.3 Å². The summed E-state index contributed by atoms with van der Waals surface area (Å²) in [5, 5.41) is 6.77. The lowest BCUT2D eigenvalue weighted by Crippen LogP contribution is -2.53. The average molecular weight is 526 g/mol. The van der Waals surface area contributed by atoms with Crippen molar-refractivity contribution in [2.24, 2.45) is 10.9 Å². The van der Waals surface area contributed by atoms with Crippen molar-refractivity contribution in [1.29, 1.82) is 0 Å². The number of rotatable bonds is 5. The number of piperazine rings is 1. The number of hydrogen-bond acceptors (Lipinski definition) is 4. The Morgan fingerprint density at radius 2 is 1.80 bits per heavy atom. The van der Waals surface area contributed by atoms with Gasteiger partial charge in [-0.25, -0.2) is 0 Å². The second-order valence-electron chi connectivity index (χ2n) is 8.54. The highest BCUT2D eigenvalue weighted by Crippen LogP contribution is 2.31. The van der Waals surface area contributed by atoms with Gasteiger partial charge in [-0.2, -0.15) is 0 Å². The molecule has 30 heavy (non-hydrogen) atoms. The largest absolute Gasteiger partial charge is 0.368 e. The van der Waals surface area contributed by atoms with Crippen LogP contribution >= 0.6 is 24.0 Å². The summed E-state index contributed by atoms with van der Waals surface area (Å²) in [6.07, 6.45) is 2.69. The predicted molar refractivity (Wildman–Crippen MR) is 133 cm³/mol. The molecule has 1 aromatic carbocycles. The normalized spacial score (nSPS) is 25.1. The third-order valence-corrected chi connectivity index (χ3v) is 6.41. The number of carbonyl (C=O) groups is 1. The van der Waals surface area contributed by atoms with Gasteiger partial charge in [0.15, 0.2) is 5.96 Å². The highest BCUT2D eigenvalue weighted by Gasteiger charge is 2.38. The number of likely N-dealkylation sites (tertiary alicyclic amines) is 1. The Labute approximate surface area is 197 Å². The van der Waals surface area contributed by atoms with E-state index in [4.69, 9.17) is 0 Å². The molecule has 1 aromatic rings. The third kappa shape index (κ3) is 5.78. The predicted octanol–water partition coefficient (Wildman–Crippen LogP) is 1.60. The minimum Gasteiger partial charge on any atom is -0.368 e. The number of halogens is 1. The minimum absolute atomic E-state index is 0. The molecule has 0 bridgehead atoms. The van der Waals surface area contributed by atoms with Gasteiger partial charge >= 0.3 is 0 Å². The SMILES string of the molecule is CN=C(NCC(=O)N1CCN(c2ccccc2)CC1)NC1CN(C2CC2)CC1C.I. The van der Waals surface area contributed by atoms with Gasteiger partial charge in [0.2, 0.25) is 5.91 Å². The van der Waals surface area contributed by atoms with Gasteiger partial charge in [0.1, 0.15) is 0 Å². The van der Waals surface area contributed by atoms with Crippen LogP contribution < -0.4 is 15.5 Å². The number of anilines is 1. The zero-order chi connectivity index (χ0) is 20.2. The fraction of sp³-hybridized carbons (Fsp3) is 0.636. The van der Waals surface area contributed by atoms with Crippen LogP contribution in [-0.2, 0) is 4.79 Å². The summed E-state index contributed by atoms with van der Waals surface area (Å²) in [4.78, 5) is 23.9. The molecule has 3 fully saturated rings. The van der Waals surface area contributed by atoms with E-state index in [1.54, 1.807) is 7.05 Å². The Hall–Kier alpha value is -1.55. The summed E-state index contributed by atoms with van der Waals surface area (Å²) < 4.78 is 0. The third-order valence-electron chi connectivity index (χ3n) is 6.41. The van der Waals surface area contributed by atoms with Crippen LogP contribution in [0.4, 0.5) is 5.69 Å². The molecule has 2 atom stereocenters. The maximum absolute atomic E-state index is 12.7. The van der Waals surface area contributed by atoms with E-state index in [1.165, 1.54) is 18.5 Å². The second kappa shape index (κ2) is 10.7. The van der Waals surface area contributed by atoms with Crippen molar-refractivity contribution in [1.82, 2.24) is 20.4 Å². The number of amides is 1. The lowest BCUT2D eigenvalue weighted by atomic mass is 10.1. The van der Waals surface area contributed by atoms with Crippen LogP contribution in [-0.4, -0.2) is 86.6 Å². The number of guanidine groups is 1.